The maximum absolute atomic E-state index is 13.1. The quantitative estimate of drug-likeness (QED) is 0.160. The zero-order valence-corrected chi connectivity index (χ0v) is 21.7. The Balaban J connectivity index is 1.71. The van der Waals surface area contributed by atoms with E-state index in [-0.39, 0.29) is 5.69 Å². The number of rotatable bonds is 13. The summed E-state index contributed by atoms with van der Waals surface area (Å²) in [6, 6.07) is 3.05. The van der Waals surface area contributed by atoms with Crippen molar-refractivity contribution in [2.75, 3.05) is 13.1 Å². The average Bonchev–Trinajstić information content (AvgIpc) is 3.18. The number of unbranched alkanes of at least 4 members (excludes halogenated alkanes) is 6. The average molecular weight is 491 g/mol. The SMILES string of the molecule is CCCCCCN(CCCCCC)C(=O)OC(C)c1cc2c(cc1[N+](=O)[O-])OC1(CCCCC1)O2. The summed E-state index contributed by atoms with van der Waals surface area (Å²) in [7, 11) is 0. The number of carbonyl (C=O) groups is 1. The summed E-state index contributed by atoms with van der Waals surface area (Å²) in [5.41, 5.74) is 0.216. The maximum Gasteiger partial charge on any atom is 0.410 e. The molecule has 8 nitrogen and oxygen atoms in total. The van der Waals surface area contributed by atoms with Crippen LogP contribution < -0.4 is 9.47 Å². The van der Waals surface area contributed by atoms with Crippen LogP contribution in [-0.2, 0) is 4.74 Å². The van der Waals surface area contributed by atoms with Crippen LogP contribution >= 0.6 is 0 Å². The number of hydrogen-bond donors (Lipinski definition) is 0. The highest BCUT2D eigenvalue weighted by Gasteiger charge is 2.44. The fourth-order valence-corrected chi connectivity index (χ4v) is 4.97. The fourth-order valence-electron chi connectivity index (χ4n) is 4.97. The van der Waals surface area contributed by atoms with E-state index in [2.05, 4.69) is 13.8 Å². The number of nitro benzene ring substituents is 1. The molecule has 1 aromatic carbocycles. The van der Waals surface area contributed by atoms with Crippen LogP contribution in [-0.4, -0.2) is 34.8 Å². The summed E-state index contributed by atoms with van der Waals surface area (Å²) in [5, 5.41) is 11.9. The standard InChI is InChI=1S/C27H42N2O6/c1-4-6-8-13-17-28(18-14-9-7-5-2)26(30)33-21(3)22-19-24-25(20-23(22)29(31)32)35-27(34-24)15-11-10-12-16-27/h19-21H,4-18H2,1-3H3. The van der Waals surface area contributed by atoms with Crippen molar-refractivity contribution < 1.29 is 23.9 Å². The van der Waals surface area contributed by atoms with Gasteiger partial charge in [-0.2, -0.15) is 0 Å². The first kappa shape index (κ1) is 27.1. The molecule has 0 saturated heterocycles. The smallest absolute Gasteiger partial charge is 0.410 e. The number of benzene rings is 1. The number of ether oxygens (including phenoxy) is 3. The van der Waals surface area contributed by atoms with Gasteiger partial charge in [0.15, 0.2) is 11.5 Å². The Morgan fingerprint density at radius 3 is 2.11 bits per heavy atom. The molecule has 0 N–H and O–H groups in total. The zero-order valence-electron chi connectivity index (χ0n) is 21.7. The lowest BCUT2D eigenvalue weighted by Gasteiger charge is -2.31. The van der Waals surface area contributed by atoms with Crippen LogP contribution in [0.4, 0.5) is 10.5 Å². The summed E-state index contributed by atoms with van der Waals surface area (Å²) < 4.78 is 18.0. The molecular weight excluding hydrogens is 448 g/mol. The summed E-state index contributed by atoms with van der Waals surface area (Å²) in [6.45, 7) is 7.29. The van der Waals surface area contributed by atoms with Gasteiger partial charge in [-0.05, 0) is 38.7 Å². The van der Waals surface area contributed by atoms with Gasteiger partial charge in [-0.1, -0.05) is 58.8 Å². The van der Waals surface area contributed by atoms with Crippen molar-refractivity contribution in [3.05, 3.63) is 27.8 Å². The number of nitro groups is 1. The van der Waals surface area contributed by atoms with Gasteiger partial charge in [0.25, 0.3) is 11.5 Å². The first-order valence-electron chi connectivity index (χ1n) is 13.5. The van der Waals surface area contributed by atoms with E-state index in [1.165, 1.54) is 6.07 Å². The predicted molar refractivity (Wildman–Crippen MR) is 135 cm³/mol. The molecule has 1 unspecified atom stereocenters. The van der Waals surface area contributed by atoms with Crippen LogP contribution in [0.25, 0.3) is 0 Å². The van der Waals surface area contributed by atoms with Crippen LogP contribution in [0.3, 0.4) is 0 Å². The minimum Gasteiger partial charge on any atom is -0.448 e. The Kier molecular flexibility index (Phi) is 10.0. The van der Waals surface area contributed by atoms with Crippen LogP contribution in [0, 0.1) is 10.1 Å². The Bertz CT molecular complexity index is 840. The maximum atomic E-state index is 13.1. The fraction of sp³-hybridized carbons (Fsp3) is 0.741. The van der Waals surface area contributed by atoms with Crippen molar-refractivity contribution >= 4 is 11.8 Å². The predicted octanol–water partition coefficient (Wildman–Crippen LogP) is 7.69. The molecule has 1 fully saturated rings. The van der Waals surface area contributed by atoms with E-state index in [4.69, 9.17) is 14.2 Å². The summed E-state index contributed by atoms with van der Waals surface area (Å²) >= 11 is 0. The Labute approximate surface area is 209 Å². The third-order valence-electron chi connectivity index (χ3n) is 7.03. The van der Waals surface area contributed by atoms with E-state index in [1.54, 1.807) is 17.9 Å². The second kappa shape index (κ2) is 13.0. The van der Waals surface area contributed by atoms with Gasteiger partial charge in [0.05, 0.1) is 16.6 Å². The topological polar surface area (TPSA) is 91.1 Å². The van der Waals surface area contributed by atoms with Crippen LogP contribution in [0.2, 0.25) is 0 Å². The second-order valence-corrected chi connectivity index (χ2v) is 9.92. The highest BCUT2D eigenvalue weighted by molar-refractivity contribution is 5.68. The monoisotopic (exact) mass is 490 g/mol. The molecule has 1 atom stereocenters. The molecule has 0 bridgehead atoms. The third kappa shape index (κ3) is 7.24. The van der Waals surface area contributed by atoms with Gasteiger partial charge in [-0.25, -0.2) is 4.79 Å². The first-order valence-corrected chi connectivity index (χ1v) is 13.5. The second-order valence-electron chi connectivity index (χ2n) is 9.92. The van der Waals surface area contributed by atoms with Crippen molar-refractivity contribution in [1.82, 2.24) is 4.90 Å². The molecule has 1 aliphatic carbocycles. The van der Waals surface area contributed by atoms with Crippen LogP contribution in [0.15, 0.2) is 12.1 Å². The van der Waals surface area contributed by atoms with Gasteiger partial charge in [-0.15, -0.1) is 0 Å². The van der Waals surface area contributed by atoms with Crippen LogP contribution in [0.5, 0.6) is 11.5 Å². The Morgan fingerprint density at radius 1 is 1.00 bits per heavy atom. The molecule has 1 amide bonds. The van der Waals surface area contributed by atoms with Gasteiger partial charge >= 0.3 is 6.09 Å². The highest BCUT2D eigenvalue weighted by atomic mass is 16.7. The molecule has 1 saturated carbocycles. The van der Waals surface area contributed by atoms with Gasteiger partial charge in [0, 0.05) is 25.9 Å². The van der Waals surface area contributed by atoms with Gasteiger partial charge in [-0.3, -0.25) is 10.1 Å². The molecule has 1 aliphatic heterocycles. The molecule has 35 heavy (non-hydrogen) atoms. The Morgan fingerprint density at radius 2 is 1.57 bits per heavy atom. The summed E-state index contributed by atoms with van der Waals surface area (Å²) in [4.78, 5) is 26.3. The molecule has 8 heteroatoms. The molecule has 1 aromatic rings. The highest BCUT2D eigenvalue weighted by Crippen LogP contribution is 2.49. The number of nitrogens with zero attached hydrogens (tertiary/aromatic N) is 2. The van der Waals surface area contributed by atoms with E-state index >= 15 is 0 Å². The first-order chi connectivity index (χ1) is 16.9. The van der Waals surface area contributed by atoms with E-state index in [9.17, 15) is 14.9 Å². The Hall–Kier alpha value is -2.51. The van der Waals surface area contributed by atoms with Crippen molar-refractivity contribution in [2.24, 2.45) is 0 Å². The number of hydrogen-bond acceptors (Lipinski definition) is 6. The molecular formula is C27H42N2O6. The van der Waals surface area contributed by atoms with E-state index in [0.717, 1.165) is 83.5 Å². The largest absolute Gasteiger partial charge is 0.448 e. The zero-order chi connectivity index (χ0) is 25.3. The van der Waals surface area contributed by atoms with Crippen molar-refractivity contribution in [3.8, 4) is 11.5 Å². The lowest BCUT2D eigenvalue weighted by Crippen LogP contribution is -2.40. The van der Waals surface area contributed by atoms with Gasteiger partial charge in [0.1, 0.15) is 6.10 Å². The molecule has 2 aliphatic rings. The normalized spacial score (nSPS) is 16.8. The van der Waals surface area contributed by atoms with Crippen molar-refractivity contribution in [1.29, 1.82) is 0 Å². The number of fused-ring (bicyclic) bond motifs is 1. The van der Waals surface area contributed by atoms with Gasteiger partial charge in [0.2, 0.25) is 0 Å². The van der Waals surface area contributed by atoms with Crippen molar-refractivity contribution in [3.63, 3.8) is 0 Å². The summed E-state index contributed by atoms with van der Waals surface area (Å²) in [5.74, 6) is 0.168. The van der Waals surface area contributed by atoms with E-state index in [0.29, 0.717) is 30.2 Å². The molecule has 0 radical (unpaired) electrons. The minimum absolute atomic E-state index is 0.113. The van der Waals surface area contributed by atoms with E-state index < -0.39 is 22.9 Å². The van der Waals surface area contributed by atoms with Gasteiger partial charge < -0.3 is 19.1 Å². The minimum atomic E-state index is -0.784. The molecule has 1 heterocycles. The summed E-state index contributed by atoms with van der Waals surface area (Å²) in [6.07, 6.45) is 12.0. The van der Waals surface area contributed by atoms with Crippen molar-refractivity contribution in [2.45, 2.75) is 116 Å². The lowest BCUT2D eigenvalue weighted by atomic mass is 9.94. The van der Waals surface area contributed by atoms with E-state index in [1.807, 2.05) is 0 Å². The molecule has 196 valence electrons. The number of amides is 1. The molecule has 0 aromatic heterocycles. The molecule has 3 rings (SSSR count). The molecule has 1 spiro atoms. The lowest BCUT2D eigenvalue weighted by molar-refractivity contribution is -0.386. The van der Waals surface area contributed by atoms with Crippen LogP contribution in [0.1, 0.15) is 116 Å². The third-order valence-corrected chi connectivity index (χ3v) is 7.03. The number of carbonyl (C=O) groups excluding carboxylic acids is 1.